The Balaban J connectivity index is 2.25. The van der Waals surface area contributed by atoms with Gasteiger partial charge in [0.15, 0.2) is 0 Å². The van der Waals surface area contributed by atoms with Gasteiger partial charge in [0.2, 0.25) is 5.79 Å². The van der Waals surface area contributed by atoms with Crippen LogP contribution in [0.25, 0.3) is 0 Å². The molecule has 0 aromatic rings. The maximum absolute atomic E-state index is 6.51. The number of allylic oxidation sites excluding steroid dienone is 16. The van der Waals surface area contributed by atoms with Gasteiger partial charge in [-0.1, -0.05) is 137 Å². The Bertz CT molecular complexity index is 971. The molecule has 0 aromatic heterocycles. The SMILES string of the molecule is CCCCC/C=C\C/C=C\C/C=C\C/C=C\CCCCC1(CCCC/C=C\C/C=C\C/C=C\C/C=C\CCCCC)OC=C(CCN(C)C)O1. The molecule has 0 saturated carbocycles. The maximum atomic E-state index is 6.51. The Morgan fingerprint density at radius 2 is 0.820 bits per heavy atom. The molecule has 3 nitrogen and oxygen atoms in total. The van der Waals surface area contributed by atoms with Gasteiger partial charge in [-0.25, -0.2) is 0 Å². The number of nitrogens with zero attached hydrogens (tertiary/aromatic N) is 1. The van der Waals surface area contributed by atoms with Gasteiger partial charge in [0, 0.05) is 25.8 Å². The molecule has 0 radical (unpaired) electrons. The Labute approximate surface area is 310 Å². The minimum absolute atomic E-state index is 0.475. The van der Waals surface area contributed by atoms with E-state index in [1.54, 1.807) is 0 Å². The van der Waals surface area contributed by atoms with Crippen molar-refractivity contribution in [2.45, 2.75) is 167 Å². The lowest BCUT2D eigenvalue weighted by molar-refractivity contribution is -0.161. The number of hydrogen-bond acceptors (Lipinski definition) is 3. The average Bonchev–Trinajstić information content (AvgIpc) is 3.52. The van der Waals surface area contributed by atoms with Crippen LogP contribution >= 0.6 is 0 Å². The van der Waals surface area contributed by atoms with Crippen LogP contribution in [0.3, 0.4) is 0 Å². The van der Waals surface area contributed by atoms with Gasteiger partial charge in [-0.2, -0.15) is 0 Å². The molecule has 0 unspecified atom stereocenters. The Hall–Kier alpha value is -2.78. The van der Waals surface area contributed by atoms with Gasteiger partial charge >= 0.3 is 0 Å². The highest BCUT2D eigenvalue weighted by molar-refractivity contribution is 5.01. The second-order valence-electron chi connectivity index (χ2n) is 13.9. The number of hydrogen-bond donors (Lipinski definition) is 0. The predicted octanol–water partition coefficient (Wildman–Crippen LogP) is 14.6. The molecular formula is C47H77NO2. The van der Waals surface area contributed by atoms with Crippen molar-refractivity contribution in [3.8, 4) is 0 Å². The normalized spacial score (nSPS) is 15.3. The summed E-state index contributed by atoms with van der Waals surface area (Å²) in [6, 6.07) is 0. The standard InChI is InChI=1S/C47H77NO2/c1-5-7-9-11-13-15-17-19-21-23-25-27-29-31-33-35-37-39-42-47(49-45-46(50-47)41-44-48(3)4)43-40-38-36-34-32-30-28-26-24-22-20-18-16-14-12-10-8-6-2/h13-16,19-22,25-28,31-34,45H,5-12,17-18,23-24,29-30,35-44H2,1-4H3/b15-13-,16-14-,21-19-,22-20-,27-25-,28-26-,33-31-,34-32-. The molecule has 1 heterocycles. The summed E-state index contributed by atoms with van der Waals surface area (Å²) in [5, 5.41) is 0. The van der Waals surface area contributed by atoms with Crippen LogP contribution in [0.4, 0.5) is 0 Å². The third-order valence-electron chi connectivity index (χ3n) is 8.80. The quantitative estimate of drug-likeness (QED) is 0.0506. The van der Waals surface area contributed by atoms with E-state index in [2.05, 4.69) is 130 Å². The van der Waals surface area contributed by atoms with Crippen molar-refractivity contribution < 1.29 is 9.47 Å². The molecule has 0 fully saturated rings. The van der Waals surface area contributed by atoms with Crippen molar-refractivity contribution in [1.82, 2.24) is 4.90 Å². The lowest BCUT2D eigenvalue weighted by Gasteiger charge is -2.29. The molecule has 1 rings (SSSR count). The van der Waals surface area contributed by atoms with Gasteiger partial charge in [-0.15, -0.1) is 0 Å². The highest BCUT2D eigenvalue weighted by Gasteiger charge is 2.37. The average molecular weight is 688 g/mol. The molecule has 1 aliphatic heterocycles. The van der Waals surface area contributed by atoms with Crippen LogP contribution in [0.2, 0.25) is 0 Å². The van der Waals surface area contributed by atoms with Crippen LogP contribution in [0.15, 0.2) is 109 Å². The first-order valence-electron chi connectivity index (χ1n) is 20.5. The van der Waals surface area contributed by atoms with Gasteiger partial charge < -0.3 is 14.4 Å². The topological polar surface area (TPSA) is 21.7 Å². The zero-order chi connectivity index (χ0) is 36.1. The van der Waals surface area contributed by atoms with Crippen LogP contribution < -0.4 is 0 Å². The van der Waals surface area contributed by atoms with Gasteiger partial charge in [-0.3, -0.25) is 0 Å². The van der Waals surface area contributed by atoms with E-state index in [0.29, 0.717) is 0 Å². The van der Waals surface area contributed by atoms with E-state index in [4.69, 9.17) is 9.47 Å². The largest absolute Gasteiger partial charge is 0.456 e. The fourth-order valence-electron chi connectivity index (χ4n) is 5.68. The zero-order valence-corrected chi connectivity index (χ0v) is 33.0. The highest BCUT2D eigenvalue weighted by atomic mass is 16.7. The van der Waals surface area contributed by atoms with E-state index in [1.165, 1.54) is 64.2 Å². The third-order valence-corrected chi connectivity index (χ3v) is 8.80. The van der Waals surface area contributed by atoms with Crippen molar-refractivity contribution in [3.63, 3.8) is 0 Å². The summed E-state index contributed by atoms with van der Waals surface area (Å²) in [6.07, 6.45) is 64.7. The first-order valence-corrected chi connectivity index (χ1v) is 20.5. The molecule has 0 saturated heterocycles. The molecule has 0 atom stereocenters. The Morgan fingerprint density at radius 3 is 1.16 bits per heavy atom. The monoisotopic (exact) mass is 688 g/mol. The first-order chi connectivity index (χ1) is 24.6. The van der Waals surface area contributed by atoms with E-state index in [-0.39, 0.29) is 0 Å². The summed E-state index contributed by atoms with van der Waals surface area (Å²) in [7, 11) is 4.21. The summed E-state index contributed by atoms with van der Waals surface area (Å²) >= 11 is 0. The van der Waals surface area contributed by atoms with Crippen LogP contribution in [-0.4, -0.2) is 31.3 Å². The maximum Gasteiger partial charge on any atom is 0.250 e. The molecule has 50 heavy (non-hydrogen) atoms. The van der Waals surface area contributed by atoms with E-state index in [1.807, 2.05) is 6.26 Å². The van der Waals surface area contributed by atoms with Crippen molar-refractivity contribution >= 4 is 0 Å². The van der Waals surface area contributed by atoms with Gasteiger partial charge in [-0.05, 0) is 117 Å². The minimum Gasteiger partial charge on any atom is -0.456 e. The Kier molecular flexibility index (Phi) is 31.4. The molecule has 0 bridgehead atoms. The molecule has 0 spiro atoms. The molecule has 1 aliphatic rings. The Morgan fingerprint density at radius 1 is 0.480 bits per heavy atom. The highest BCUT2D eigenvalue weighted by Crippen LogP contribution is 2.36. The van der Waals surface area contributed by atoms with Crippen LogP contribution in [0.1, 0.15) is 162 Å². The van der Waals surface area contributed by atoms with E-state index in [9.17, 15) is 0 Å². The summed E-state index contributed by atoms with van der Waals surface area (Å²) in [4.78, 5) is 2.20. The van der Waals surface area contributed by atoms with Crippen LogP contribution in [0, 0.1) is 0 Å². The molecule has 0 aliphatic carbocycles. The predicted molar refractivity (Wildman–Crippen MR) is 222 cm³/mol. The van der Waals surface area contributed by atoms with Crippen LogP contribution in [-0.2, 0) is 9.47 Å². The van der Waals surface area contributed by atoms with E-state index < -0.39 is 5.79 Å². The summed E-state index contributed by atoms with van der Waals surface area (Å²) in [5.41, 5.74) is 0. The second kappa shape index (κ2) is 34.7. The van der Waals surface area contributed by atoms with E-state index >= 15 is 0 Å². The molecular weight excluding hydrogens is 611 g/mol. The van der Waals surface area contributed by atoms with Gasteiger partial charge in [0.1, 0.15) is 12.0 Å². The summed E-state index contributed by atoms with van der Waals surface area (Å²) in [5.74, 6) is 0.525. The van der Waals surface area contributed by atoms with Crippen molar-refractivity contribution in [2.75, 3.05) is 20.6 Å². The number of unbranched alkanes of at least 4 members (excludes halogenated alkanes) is 10. The summed E-state index contributed by atoms with van der Waals surface area (Å²) in [6.45, 7) is 5.49. The first kappa shape index (κ1) is 45.2. The summed E-state index contributed by atoms with van der Waals surface area (Å²) < 4.78 is 12.8. The smallest absolute Gasteiger partial charge is 0.250 e. The van der Waals surface area contributed by atoms with E-state index in [0.717, 1.165) is 95.8 Å². The lowest BCUT2D eigenvalue weighted by atomic mass is 10.00. The number of ether oxygens (including phenoxy) is 2. The second-order valence-corrected chi connectivity index (χ2v) is 13.9. The molecule has 0 amide bonds. The fourth-order valence-corrected chi connectivity index (χ4v) is 5.68. The van der Waals surface area contributed by atoms with Crippen molar-refractivity contribution in [3.05, 3.63) is 109 Å². The third kappa shape index (κ3) is 29.0. The molecule has 282 valence electrons. The molecule has 0 N–H and O–H groups in total. The molecule has 0 aromatic carbocycles. The van der Waals surface area contributed by atoms with Crippen molar-refractivity contribution in [1.29, 1.82) is 0 Å². The fraction of sp³-hybridized carbons (Fsp3) is 0.617. The lowest BCUT2D eigenvalue weighted by Crippen LogP contribution is -2.31. The zero-order valence-electron chi connectivity index (χ0n) is 33.0. The van der Waals surface area contributed by atoms with Crippen LogP contribution in [0.5, 0.6) is 0 Å². The van der Waals surface area contributed by atoms with Gasteiger partial charge in [0.05, 0.1) is 0 Å². The van der Waals surface area contributed by atoms with Crippen molar-refractivity contribution in [2.24, 2.45) is 0 Å². The number of rotatable bonds is 33. The van der Waals surface area contributed by atoms with Gasteiger partial charge in [0.25, 0.3) is 0 Å². The minimum atomic E-state index is -0.475. The molecule has 3 heteroatoms.